The van der Waals surface area contributed by atoms with Crippen LogP contribution in [0, 0.1) is 17.2 Å². The summed E-state index contributed by atoms with van der Waals surface area (Å²) in [5.41, 5.74) is 0. The second-order valence-electron chi connectivity index (χ2n) is 4.86. The quantitative estimate of drug-likeness (QED) is 0.730. The van der Waals surface area contributed by atoms with E-state index in [1.54, 1.807) is 0 Å². The maximum atomic E-state index is 11.9. The van der Waals surface area contributed by atoms with Crippen LogP contribution >= 0.6 is 0 Å². The highest BCUT2D eigenvalue weighted by atomic mass is 16.2. The Bertz CT molecular complexity index is 304. The molecule has 0 aromatic rings. The van der Waals surface area contributed by atoms with Crippen molar-refractivity contribution in [2.75, 3.05) is 20.1 Å². The molecule has 1 saturated carbocycles. The maximum Gasteiger partial charge on any atom is 0.320 e. The van der Waals surface area contributed by atoms with Crippen LogP contribution in [0.2, 0.25) is 0 Å². The van der Waals surface area contributed by atoms with Crippen molar-refractivity contribution in [2.24, 2.45) is 5.92 Å². The van der Waals surface area contributed by atoms with Gasteiger partial charge in [0.2, 0.25) is 0 Å². The highest BCUT2D eigenvalue weighted by Gasteiger charge is 2.39. The molecule has 2 aliphatic rings. The molecule has 0 spiro atoms. The molecule has 1 aliphatic heterocycles. The zero-order valence-electron chi connectivity index (χ0n) is 9.85. The van der Waals surface area contributed by atoms with E-state index in [0.29, 0.717) is 24.9 Å². The molecular weight excluding hydrogens is 202 g/mol. The topological polar surface area (TPSA) is 47.3 Å². The first kappa shape index (κ1) is 11.3. The van der Waals surface area contributed by atoms with Crippen molar-refractivity contribution >= 4 is 6.03 Å². The van der Waals surface area contributed by atoms with Crippen molar-refractivity contribution in [3.8, 4) is 6.07 Å². The van der Waals surface area contributed by atoms with E-state index < -0.39 is 0 Å². The monoisotopic (exact) mass is 221 g/mol. The average molecular weight is 221 g/mol. The summed E-state index contributed by atoms with van der Waals surface area (Å²) in [7, 11) is 1.90. The molecule has 0 aromatic carbocycles. The van der Waals surface area contributed by atoms with Crippen LogP contribution in [0.4, 0.5) is 4.79 Å². The molecule has 1 atom stereocenters. The smallest absolute Gasteiger partial charge is 0.320 e. The Kier molecular flexibility index (Phi) is 3.33. The van der Waals surface area contributed by atoms with E-state index in [4.69, 9.17) is 5.26 Å². The van der Waals surface area contributed by atoms with Crippen LogP contribution in [0.25, 0.3) is 0 Å². The lowest BCUT2D eigenvalue weighted by atomic mass is 9.98. The van der Waals surface area contributed by atoms with E-state index >= 15 is 0 Å². The van der Waals surface area contributed by atoms with Crippen molar-refractivity contribution in [3.63, 3.8) is 0 Å². The molecule has 1 heterocycles. The van der Waals surface area contributed by atoms with Crippen LogP contribution in [0.3, 0.4) is 0 Å². The molecule has 0 radical (unpaired) electrons. The standard InChI is InChI=1S/C12H19N3O/c1-14-11(10-5-2-3-6-10)9-15(12(14)16)8-4-7-13/h10-11H,2-6,8-9H2,1H3. The summed E-state index contributed by atoms with van der Waals surface area (Å²) in [5, 5.41) is 8.55. The van der Waals surface area contributed by atoms with E-state index in [0.717, 1.165) is 6.54 Å². The largest absolute Gasteiger partial charge is 0.323 e. The van der Waals surface area contributed by atoms with E-state index in [1.807, 2.05) is 16.8 Å². The van der Waals surface area contributed by atoms with Crippen LogP contribution in [0.5, 0.6) is 0 Å². The van der Waals surface area contributed by atoms with Gasteiger partial charge in [-0.05, 0) is 18.8 Å². The number of rotatable bonds is 3. The molecule has 4 heteroatoms. The van der Waals surface area contributed by atoms with Crippen LogP contribution in [0.15, 0.2) is 0 Å². The zero-order chi connectivity index (χ0) is 11.5. The summed E-state index contributed by atoms with van der Waals surface area (Å²) >= 11 is 0. The van der Waals surface area contributed by atoms with Crippen molar-refractivity contribution in [1.29, 1.82) is 5.26 Å². The van der Waals surface area contributed by atoms with Crippen molar-refractivity contribution < 1.29 is 4.79 Å². The predicted octanol–water partition coefficient (Wildman–Crippen LogP) is 1.83. The van der Waals surface area contributed by atoms with Crippen molar-refractivity contribution in [1.82, 2.24) is 9.80 Å². The van der Waals surface area contributed by atoms with E-state index in [2.05, 4.69) is 6.07 Å². The van der Waals surface area contributed by atoms with Gasteiger partial charge in [-0.25, -0.2) is 4.79 Å². The van der Waals surface area contributed by atoms with E-state index in [1.165, 1.54) is 25.7 Å². The first-order valence-electron chi connectivity index (χ1n) is 6.12. The Balaban J connectivity index is 1.96. The van der Waals surface area contributed by atoms with Gasteiger partial charge in [0.05, 0.1) is 18.5 Å². The molecule has 1 unspecified atom stereocenters. The first-order chi connectivity index (χ1) is 7.74. The summed E-state index contributed by atoms with van der Waals surface area (Å²) in [6, 6.07) is 2.59. The van der Waals surface area contributed by atoms with Gasteiger partial charge < -0.3 is 9.80 Å². The summed E-state index contributed by atoms with van der Waals surface area (Å²) in [5.74, 6) is 0.682. The molecule has 0 bridgehead atoms. The lowest BCUT2D eigenvalue weighted by Gasteiger charge is -2.23. The average Bonchev–Trinajstić information content (AvgIpc) is 2.88. The second-order valence-corrected chi connectivity index (χ2v) is 4.86. The van der Waals surface area contributed by atoms with Gasteiger partial charge >= 0.3 is 6.03 Å². The summed E-state index contributed by atoms with van der Waals surface area (Å²) in [4.78, 5) is 15.6. The molecule has 2 rings (SSSR count). The fourth-order valence-corrected chi connectivity index (χ4v) is 2.97. The number of amides is 2. The number of likely N-dealkylation sites (N-methyl/N-ethyl adjacent to an activating group) is 1. The number of nitrogens with zero attached hydrogens (tertiary/aromatic N) is 3. The first-order valence-corrected chi connectivity index (χ1v) is 6.12. The van der Waals surface area contributed by atoms with Gasteiger partial charge in [-0.3, -0.25) is 0 Å². The number of nitriles is 1. The highest BCUT2D eigenvalue weighted by Crippen LogP contribution is 2.33. The van der Waals surface area contributed by atoms with Gasteiger partial charge in [-0.1, -0.05) is 12.8 Å². The van der Waals surface area contributed by atoms with Gasteiger partial charge in [-0.2, -0.15) is 5.26 Å². The van der Waals surface area contributed by atoms with Crippen molar-refractivity contribution in [2.45, 2.75) is 38.1 Å². The minimum Gasteiger partial charge on any atom is -0.323 e. The Hall–Kier alpha value is -1.24. The van der Waals surface area contributed by atoms with Crippen LogP contribution in [-0.2, 0) is 0 Å². The molecule has 0 N–H and O–H groups in total. The molecule has 2 fully saturated rings. The van der Waals surface area contributed by atoms with Gasteiger partial charge in [0.25, 0.3) is 0 Å². The number of hydrogen-bond donors (Lipinski definition) is 0. The van der Waals surface area contributed by atoms with Crippen LogP contribution in [-0.4, -0.2) is 42.0 Å². The van der Waals surface area contributed by atoms with Crippen LogP contribution < -0.4 is 0 Å². The fourth-order valence-electron chi connectivity index (χ4n) is 2.97. The fraction of sp³-hybridized carbons (Fsp3) is 0.833. The van der Waals surface area contributed by atoms with Gasteiger partial charge in [0, 0.05) is 20.1 Å². The Morgan fingerprint density at radius 3 is 2.75 bits per heavy atom. The summed E-state index contributed by atoms with van der Waals surface area (Å²) in [6.07, 6.45) is 5.57. The molecule has 88 valence electrons. The molecule has 2 amide bonds. The summed E-state index contributed by atoms with van der Waals surface area (Å²) < 4.78 is 0. The molecule has 1 saturated heterocycles. The van der Waals surface area contributed by atoms with Gasteiger partial charge in [-0.15, -0.1) is 0 Å². The molecule has 1 aliphatic carbocycles. The Labute approximate surface area is 96.8 Å². The molecular formula is C12H19N3O. The Morgan fingerprint density at radius 2 is 2.12 bits per heavy atom. The van der Waals surface area contributed by atoms with E-state index in [-0.39, 0.29) is 6.03 Å². The second kappa shape index (κ2) is 4.73. The zero-order valence-corrected chi connectivity index (χ0v) is 9.85. The normalized spacial score (nSPS) is 26.5. The summed E-state index contributed by atoms with van der Waals surface area (Å²) in [6.45, 7) is 1.41. The van der Waals surface area contributed by atoms with E-state index in [9.17, 15) is 4.79 Å². The molecule has 16 heavy (non-hydrogen) atoms. The maximum absolute atomic E-state index is 11.9. The minimum absolute atomic E-state index is 0.104. The van der Waals surface area contributed by atoms with Gasteiger partial charge in [0.15, 0.2) is 0 Å². The lowest BCUT2D eigenvalue weighted by molar-refractivity contribution is 0.190. The number of carbonyl (C=O) groups is 1. The number of carbonyl (C=O) groups excluding carboxylic acids is 1. The third-order valence-corrected chi connectivity index (χ3v) is 3.91. The third kappa shape index (κ3) is 1.99. The number of hydrogen-bond acceptors (Lipinski definition) is 2. The Morgan fingerprint density at radius 1 is 1.44 bits per heavy atom. The van der Waals surface area contributed by atoms with Gasteiger partial charge in [0.1, 0.15) is 0 Å². The third-order valence-electron chi connectivity index (χ3n) is 3.91. The van der Waals surface area contributed by atoms with Crippen LogP contribution in [0.1, 0.15) is 32.1 Å². The lowest BCUT2D eigenvalue weighted by Crippen LogP contribution is -2.35. The molecule has 4 nitrogen and oxygen atoms in total. The highest BCUT2D eigenvalue weighted by molar-refractivity contribution is 5.77. The molecule has 0 aromatic heterocycles. The minimum atomic E-state index is 0.104. The number of urea groups is 1. The van der Waals surface area contributed by atoms with Crippen molar-refractivity contribution in [3.05, 3.63) is 0 Å². The predicted molar refractivity (Wildman–Crippen MR) is 60.7 cm³/mol. The SMILES string of the molecule is CN1C(=O)N(CCC#N)CC1C1CCCC1.